The molecule has 1 saturated carbocycles. The van der Waals surface area contributed by atoms with Gasteiger partial charge in [0, 0.05) is 18.6 Å². The van der Waals surface area contributed by atoms with Gasteiger partial charge in [0.05, 0.1) is 37.6 Å². The van der Waals surface area contributed by atoms with Gasteiger partial charge in [-0.3, -0.25) is 0 Å². The molecule has 0 radical (unpaired) electrons. The van der Waals surface area contributed by atoms with E-state index in [1.165, 1.54) is 0 Å². The van der Waals surface area contributed by atoms with Crippen LogP contribution in [-0.2, 0) is 11.3 Å². The monoisotopic (exact) mass is 374 g/mol. The van der Waals surface area contributed by atoms with E-state index in [2.05, 4.69) is 18.2 Å². The summed E-state index contributed by atoms with van der Waals surface area (Å²) in [5, 5.41) is 38.3. The van der Waals surface area contributed by atoms with E-state index in [0.29, 0.717) is 12.4 Å². The highest BCUT2D eigenvalue weighted by Crippen LogP contribution is 2.55. The van der Waals surface area contributed by atoms with E-state index in [0.717, 1.165) is 36.0 Å². The lowest BCUT2D eigenvalue weighted by molar-refractivity contribution is 0.181. The second-order valence-electron chi connectivity index (χ2n) is 7.23. The SMILES string of the molecule is COCc1cc([C@@H]2[C@H]3CCCC=C3[C@H](C#N)C(=N)C2(C#N)C#N)ccc1OC. The molecule has 6 heteroatoms. The average molecular weight is 374 g/mol. The van der Waals surface area contributed by atoms with Crippen LogP contribution in [0, 0.1) is 56.7 Å². The van der Waals surface area contributed by atoms with Crippen LogP contribution >= 0.6 is 0 Å². The number of nitrogens with one attached hydrogen (secondary N) is 1. The summed E-state index contributed by atoms with van der Waals surface area (Å²) in [6.45, 7) is 0.335. The lowest BCUT2D eigenvalue weighted by Gasteiger charge is -2.45. The highest BCUT2D eigenvalue weighted by atomic mass is 16.5. The average Bonchev–Trinajstić information content (AvgIpc) is 2.73. The molecular formula is C22H22N4O2. The first-order valence-corrected chi connectivity index (χ1v) is 9.24. The lowest BCUT2D eigenvalue weighted by atomic mass is 9.53. The van der Waals surface area contributed by atoms with Crippen molar-refractivity contribution in [3.8, 4) is 24.0 Å². The molecule has 28 heavy (non-hydrogen) atoms. The van der Waals surface area contributed by atoms with Crippen LogP contribution < -0.4 is 4.74 Å². The van der Waals surface area contributed by atoms with Crippen LogP contribution in [0.1, 0.15) is 36.3 Å². The Balaban J connectivity index is 2.23. The van der Waals surface area contributed by atoms with Crippen LogP contribution in [-0.4, -0.2) is 19.9 Å². The zero-order valence-corrected chi connectivity index (χ0v) is 16.0. The van der Waals surface area contributed by atoms with Crippen molar-refractivity contribution in [3.63, 3.8) is 0 Å². The van der Waals surface area contributed by atoms with Crippen molar-refractivity contribution >= 4 is 5.71 Å². The Morgan fingerprint density at radius 2 is 1.96 bits per heavy atom. The summed E-state index contributed by atoms with van der Waals surface area (Å²) in [4.78, 5) is 0. The maximum atomic E-state index is 10.0. The van der Waals surface area contributed by atoms with E-state index in [9.17, 15) is 15.8 Å². The molecular weight excluding hydrogens is 352 g/mol. The number of ether oxygens (including phenoxy) is 2. The van der Waals surface area contributed by atoms with Gasteiger partial charge in [-0.15, -0.1) is 0 Å². The van der Waals surface area contributed by atoms with Crippen LogP contribution in [0.3, 0.4) is 0 Å². The van der Waals surface area contributed by atoms with Gasteiger partial charge in [-0.2, -0.15) is 15.8 Å². The van der Waals surface area contributed by atoms with Gasteiger partial charge in [-0.05, 0) is 48.4 Å². The Morgan fingerprint density at radius 3 is 2.57 bits per heavy atom. The Bertz CT molecular complexity index is 931. The summed E-state index contributed by atoms with van der Waals surface area (Å²) in [6.07, 6.45) is 4.61. The van der Waals surface area contributed by atoms with Crippen LogP contribution in [0.15, 0.2) is 29.8 Å². The molecule has 3 atom stereocenters. The molecule has 1 aromatic carbocycles. The molecule has 1 aromatic rings. The molecule has 142 valence electrons. The third-order valence-corrected chi connectivity index (χ3v) is 5.89. The fourth-order valence-corrected chi connectivity index (χ4v) is 4.65. The molecule has 2 aliphatic rings. The smallest absolute Gasteiger partial charge is 0.189 e. The van der Waals surface area contributed by atoms with Gasteiger partial charge in [0.15, 0.2) is 5.41 Å². The van der Waals surface area contributed by atoms with Gasteiger partial charge in [0.25, 0.3) is 0 Å². The van der Waals surface area contributed by atoms with Gasteiger partial charge in [0.1, 0.15) is 11.7 Å². The van der Waals surface area contributed by atoms with E-state index in [1.54, 1.807) is 14.2 Å². The Morgan fingerprint density at radius 1 is 1.21 bits per heavy atom. The molecule has 3 rings (SSSR count). The number of rotatable bonds is 4. The summed E-state index contributed by atoms with van der Waals surface area (Å²) < 4.78 is 10.7. The van der Waals surface area contributed by atoms with Crippen molar-refractivity contribution in [2.75, 3.05) is 14.2 Å². The predicted octanol–water partition coefficient (Wildman–Crippen LogP) is 3.86. The fraction of sp³-hybridized carbons (Fsp3) is 0.455. The van der Waals surface area contributed by atoms with Crippen LogP contribution in [0.4, 0.5) is 0 Å². The molecule has 6 nitrogen and oxygen atoms in total. The number of allylic oxidation sites excluding steroid dienone is 2. The molecule has 1 fully saturated rings. The van der Waals surface area contributed by atoms with Gasteiger partial charge in [0.2, 0.25) is 0 Å². The molecule has 0 amide bonds. The predicted molar refractivity (Wildman–Crippen MR) is 102 cm³/mol. The second-order valence-corrected chi connectivity index (χ2v) is 7.23. The van der Waals surface area contributed by atoms with Gasteiger partial charge in [-0.1, -0.05) is 12.1 Å². The third kappa shape index (κ3) is 2.85. The number of fused-ring (bicyclic) bond motifs is 1. The minimum atomic E-state index is -1.67. The number of benzene rings is 1. The third-order valence-electron chi connectivity index (χ3n) is 5.89. The van der Waals surface area contributed by atoms with Crippen molar-refractivity contribution in [2.24, 2.45) is 17.3 Å². The summed E-state index contributed by atoms with van der Waals surface area (Å²) in [6, 6.07) is 12.0. The molecule has 0 aromatic heterocycles. The minimum Gasteiger partial charge on any atom is -0.496 e. The number of hydrogen-bond acceptors (Lipinski definition) is 6. The topological polar surface area (TPSA) is 114 Å². The van der Waals surface area contributed by atoms with Crippen molar-refractivity contribution in [1.82, 2.24) is 0 Å². The van der Waals surface area contributed by atoms with Crippen LogP contribution in [0.2, 0.25) is 0 Å². The van der Waals surface area contributed by atoms with Crippen molar-refractivity contribution < 1.29 is 9.47 Å². The Labute approximate surface area is 165 Å². The number of hydrogen-bond donors (Lipinski definition) is 1. The van der Waals surface area contributed by atoms with Crippen molar-refractivity contribution in [2.45, 2.75) is 31.8 Å². The van der Waals surface area contributed by atoms with E-state index >= 15 is 0 Å². The maximum Gasteiger partial charge on any atom is 0.189 e. The lowest BCUT2D eigenvalue weighted by Crippen LogP contribution is -2.48. The first kappa shape index (κ1) is 19.6. The zero-order chi connectivity index (χ0) is 20.3. The highest BCUT2D eigenvalue weighted by molar-refractivity contribution is 6.00. The largest absolute Gasteiger partial charge is 0.496 e. The minimum absolute atomic E-state index is 0.112. The fourth-order valence-electron chi connectivity index (χ4n) is 4.65. The van der Waals surface area contributed by atoms with E-state index in [-0.39, 0.29) is 11.6 Å². The molecule has 0 heterocycles. The van der Waals surface area contributed by atoms with Crippen molar-refractivity contribution in [3.05, 3.63) is 41.0 Å². The first-order valence-electron chi connectivity index (χ1n) is 9.24. The van der Waals surface area contributed by atoms with Crippen LogP contribution in [0.25, 0.3) is 0 Å². The molecule has 0 saturated heterocycles. The Kier molecular flexibility index (Phi) is 5.50. The summed E-state index contributed by atoms with van der Waals surface area (Å²) in [5.74, 6) is -0.758. The van der Waals surface area contributed by atoms with Gasteiger partial charge >= 0.3 is 0 Å². The molecule has 0 unspecified atom stereocenters. The van der Waals surface area contributed by atoms with Crippen LogP contribution in [0.5, 0.6) is 5.75 Å². The molecule has 2 aliphatic carbocycles. The van der Waals surface area contributed by atoms with Gasteiger partial charge in [-0.25, -0.2) is 0 Å². The second kappa shape index (κ2) is 7.85. The van der Waals surface area contributed by atoms with E-state index in [4.69, 9.17) is 14.9 Å². The van der Waals surface area contributed by atoms with E-state index < -0.39 is 17.3 Å². The quantitative estimate of drug-likeness (QED) is 0.804. The molecule has 0 spiro atoms. The molecule has 0 aliphatic heterocycles. The Hall–Kier alpha value is -3.14. The standard InChI is InChI=1S/C22H22N4O2/c1-27-11-15-9-14(7-8-19(15)28-2)20-17-6-4-3-5-16(17)18(10-23)21(26)22(20,12-24)13-25/h5,7-9,17-18,20,26H,3-4,6,11H2,1-2H3/t17-,18-,20+/m0/s1. The number of nitrogens with zero attached hydrogens (tertiary/aromatic N) is 3. The summed E-state index contributed by atoms with van der Waals surface area (Å²) in [5.41, 5.74) is 0.725. The summed E-state index contributed by atoms with van der Waals surface area (Å²) in [7, 11) is 3.18. The first-order chi connectivity index (χ1) is 13.6. The normalized spacial score (nSPS) is 25.5. The number of nitriles is 3. The van der Waals surface area contributed by atoms with E-state index in [1.807, 2.05) is 24.3 Å². The molecule has 0 bridgehead atoms. The van der Waals surface area contributed by atoms with Crippen molar-refractivity contribution in [1.29, 1.82) is 21.2 Å². The summed E-state index contributed by atoms with van der Waals surface area (Å²) >= 11 is 0. The molecule has 1 N–H and O–H groups in total. The van der Waals surface area contributed by atoms with Gasteiger partial charge < -0.3 is 14.9 Å². The maximum absolute atomic E-state index is 10.0. The highest BCUT2D eigenvalue weighted by Gasteiger charge is 2.57. The number of methoxy groups -OCH3 is 2. The zero-order valence-electron chi connectivity index (χ0n) is 16.0.